The van der Waals surface area contributed by atoms with Gasteiger partial charge in [-0.3, -0.25) is 9.69 Å². The number of amides is 1. The maximum Gasteiger partial charge on any atom is 0.282 e. The normalized spacial score (nSPS) is 21.5. The number of hydrogen-bond donors (Lipinski definition) is 0. The first-order chi connectivity index (χ1) is 22.2. The predicted molar refractivity (Wildman–Crippen MR) is 173 cm³/mol. The number of pyridine rings is 1. The van der Waals surface area contributed by atoms with Crippen LogP contribution in [-0.2, 0) is 22.5 Å². The van der Waals surface area contributed by atoms with Gasteiger partial charge in [-0.15, -0.1) is 0 Å². The fraction of sp³-hybridized carbons (Fsp3) is 0.429. The Hall–Kier alpha value is -4.71. The third kappa shape index (κ3) is 5.73. The number of halogens is 1. The van der Waals surface area contributed by atoms with E-state index in [1.165, 1.54) is 21.2 Å². The van der Waals surface area contributed by atoms with Crippen LogP contribution in [-0.4, -0.2) is 92.4 Å². The minimum absolute atomic E-state index is 0.0200. The molecule has 11 heteroatoms. The molecule has 10 nitrogen and oxygen atoms in total. The molecular weight excluding hydrogens is 585 g/mol. The van der Waals surface area contributed by atoms with Gasteiger partial charge < -0.3 is 24.2 Å². The molecule has 0 saturated carbocycles. The Bertz CT molecular complexity index is 1760. The lowest BCUT2D eigenvalue weighted by molar-refractivity contribution is -0.131. The number of nitriles is 2. The average Bonchev–Trinajstić information content (AvgIpc) is 3.42. The van der Waals surface area contributed by atoms with Gasteiger partial charge in [0.25, 0.3) is 5.91 Å². The van der Waals surface area contributed by atoms with Crippen LogP contribution in [0, 0.1) is 29.6 Å². The Morgan fingerprint density at radius 1 is 1.09 bits per heavy atom. The van der Waals surface area contributed by atoms with Gasteiger partial charge in [0, 0.05) is 63.0 Å². The van der Waals surface area contributed by atoms with Crippen molar-refractivity contribution in [1.29, 1.82) is 10.5 Å². The standard InChI is InChI=1S/C35H38FN7O3/c1-22-7-5-8-24-9-6-10-29(32(22)24)41-14-12-26-28(19-41)39-34(46-31-21-40(3)20-30(31)45-4)27(17-38)33(26)42-15-16-43(35(44)23(2)36)25(18-42)11-13-37/h5-10,25,30-31H,2,11-12,14-16,18-21H2,1,3-4H3/t25-,30+,31?/m0/s1. The van der Waals surface area contributed by atoms with Crippen LogP contribution >= 0.6 is 0 Å². The summed E-state index contributed by atoms with van der Waals surface area (Å²) in [5, 5.41) is 22.6. The molecule has 6 rings (SSSR count). The molecule has 2 fully saturated rings. The number of benzene rings is 2. The molecule has 1 amide bonds. The van der Waals surface area contributed by atoms with Crippen LogP contribution in [0.25, 0.3) is 10.8 Å². The molecule has 3 aromatic rings. The molecule has 1 aromatic heterocycles. The van der Waals surface area contributed by atoms with E-state index >= 15 is 0 Å². The lowest BCUT2D eigenvalue weighted by Gasteiger charge is -2.43. The van der Waals surface area contributed by atoms with Gasteiger partial charge in [-0.1, -0.05) is 36.9 Å². The zero-order valence-electron chi connectivity index (χ0n) is 26.5. The molecule has 0 bridgehead atoms. The van der Waals surface area contributed by atoms with E-state index in [2.05, 4.69) is 71.8 Å². The minimum Gasteiger partial charge on any atom is -0.469 e. The molecule has 1 unspecified atom stereocenters. The van der Waals surface area contributed by atoms with Gasteiger partial charge in [-0.2, -0.15) is 10.5 Å². The number of carbonyl (C=O) groups excluding carboxylic acids is 1. The Kier molecular flexibility index (Phi) is 8.81. The topological polar surface area (TPSA) is 109 Å². The SMILES string of the molecule is C=C(F)C(=O)N1CCN(c2c(C#N)c(OC3CN(C)C[C@H]3OC)nc3c2CCN(c2cccc4cccc(C)c24)C3)C[C@@H]1CC#N. The van der Waals surface area contributed by atoms with Crippen LogP contribution in [0.15, 0.2) is 48.8 Å². The van der Waals surface area contributed by atoms with E-state index in [0.717, 1.165) is 16.9 Å². The Morgan fingerprint density at radius 2 is 1.85 bits per heavy atom. The van der Waals surface area contributed by atoms with E-state index in [1.54, 1.807) is 7.11 Å². The van der Waals surface area contributed by atoms with E-state index in [4.69, 9.17) is 14.5 Å². The summed E-state index contributed by atoms with van der Waals surface area (Å²) in [5.74, 6) is -1.61. The number of hydrogen-bond acceptors (Lipinski definition) is 9. The molecule has 0 aliphatic carbocycles. The number of anilines is 2. The summed E-state index contributed by atoms with van der Waals surface area (Å²) in [6.45, 7) is 8.64. The summed E-state index contributed by atoms with van der Waals surface area (Å²) in [4.78, 5) is 25.5. The van der Waals surface area contributed by atoms with Crippen molar-refractivity contribution in [3.8, 4) is 18.0 Å². The number of carbonyl (C=O) groups is 1. The third-order valence-electron chi connectivity index (χ3n) is 9.42. The van der Waals surface area contributed by atoms with Gasteiger partial charge in [-0.05, 0) is 37.4 Å². The van der Waals surface area contributed by atoms with Crippen molar-refractivity contribution in [2.75, 3.05) is 63.2 Å². The maximum atomic E-state index is 13.9. The highest BCUT2D eigenvalue weighted by Gasteiger charge is 2.38. The first-order valence-corrected chi connectivity index (χ1v) is 15.6. The molecule has 238 valence electrons. The van der Waals surface area contributed by atoms with E-state index in [1.807, 2.05) is 11.9 Å². The second kappa shape index (κ2) is 13.0. The fourth-order valence-electron chi connectivity index (χ4n) is 7.21. The minimum atomic E-state index is -1.05. The van der Waals surface area contributed by atoms with Gasteiger partial charge in [0.1, 0.15) is 23.8 Å². The summed E-state index contributed by atoms with van der Waals surface area (Å²) in [6, 6.07) is 16.6. The number of aromatic nitrogens is 1. The molecule has 4 heterocycles. The number of ether oxygens (including phenoxy) is 2. The molecule has 46 heavy (non-hydrogen) atoms. The molecule has 3 atom stereocenters. The molecule has 0 spiro atoms. The second-order valence-electron chi connectivity index (χ2n) is 12.3. The van der Waals surface area contributed by atoms with Gasteiger partial charge in [0.05, 0.1) is 36.5 Å². The number of rotatable bonds is 7. The molecule has 0 radical (unpaired) electrons. The highest BCUT2D eigenvalue weighted by atomic mass is 19.1. The molecule has 2 saturated heterocycles. The van der Waals surface area contributed by atoms with Crippen LogP contribution in [0.5, 0.6) is 5.88 Å². The summed E-state index contributed by atoms with van der Waals surface area (Å²) < 4.78 is 26.2. The van der Waals surface area contributed by atoms with Gasteiger partial charge in [-0.25, -0.2) is 9.37 Å². The van der Waals surface area contributed by atoms with Crippen molar-refractivity contribution in [1.82, 2.24) is 14.8 Å². The van der Waals surface area contributed by atoms with Gasteiger partial charge in [0.15, 0.2) is 5.83 Å². The Labute approximate surface area is 268 Å². The largest absolute Gasteiger partial charge is 0.469 e. The Morgan fingerprint density at radius 3 is 2.57 bits per heavy atom. The fourth-order valence-corrected chi connectivity index (χ4v) is 7.21. The summed E-state index contributed by atoms with van der Waals surface area (Å²) in [5.41, 5.74) is 5.12. The van der Waals surface area contributed by atoms with Gasteiger partial charge >= 0.3 is 0 Å². The summed E-state index contributed by atoms with van der Waals surface area (Å²) >= 11 is 0. The van der Waals surface area contributed by atoms with Crippen LogP contribution in [0.4, 0.5) is 15.8 Å². The number of likely N-dealkylation sites (N-methyl/N-ethyl adjacent to an activating group) is 1. The van der Waals surface area contributed by atoms with Crippen LogP contribution in [0.2, 0.25) is 0 Å². The van der Waals surface area contributed by atoms with E-state index in [9.17, 15) is 19.7 Å². The molecule has 3 aliphatic rings. The van der Waals surface area contributed by atoms with Crippen molar-refractivity contribution in [2.24, 2.45) is 0 Å². The molecule has 3 aliphatic heterocycles. The molecule has 0 N–H and O–H groups in total. The maximum absolute atomic E-state index is 13.9. The highest BCUT2D eigenvalue weighted by Crippen LogP contribution is 2.40. The zero-order chi connectivity index (χ0) is 32.5. The lowest BCUT2D eigenvalue weighted by Crippen LogP contribution is -2.55. The second-order valence-corrected chi connectivity index (χ2v) is 12.3. The third-order valence-corrected chi connectivity index (χ3v) is 9.42. The van der Waals surface area contributed by atoms with Crippen LogP contribution in [0.1, 0.15) is 28.8 Å². The van der Waals surface area contributed by atoms with Crippen molar-refractivity contribution < 1.29 is 18.7 Å². The zero-order valence-corrected chi connectivity index (χ0v) is 26.5. The number of fused-ring (bicyclic) bond motifs is 2. The number of piperazine rings is 1. The van der Waals surface area contributed by atoms with Gasteiger partial charge in [0.2, 0.25) is 5.88 Å². The smallest absolute Gasteiger partial charge is 0.282 e. The monoisotopic (exact) mass is 623 g/mol. The van der Waals surface area contributed by atoms with Crippen LogP contribution < -0.4 is 14.5 Å². The molecule has 2 aromatic carbocycles. The van der Waals surface area contributed by atoms with Crippen molar-refractivity contribution >= 4 is 28.1 Å². The van der Waals surface area contributed by atoms with E-state index in [0.29, 0.717) is 50.4 Å². The number of aryl methyl sites for hydroxylation is 1. The van der Waals surface area contributed by atoms with Crippen molar-refractivity contribution in [3.63, 3.8) is 0 Å². The van der Waals surface area contributed by atoms with E-state index < -0.39 is 17.8 Å². The number of methoxy groups -OCH3 is 1. The molecular formula is C35H38FN7O3. The summed E-state index contributed by atoms with van der Waals surface area (Å²) in [6.07, 6.45) is 0.144. The quantitative estimate of drug-likeness (QED) is 0.360. The van der Waals surface area contributed by atoms with Crippen molar-refractivity contribution in [3.05, 3.63) is 71.2 Å². The highest BCUT2D eigenvalue weighted by molar-refractivity contribution is 5.97. The first-order valence-electron chi connectivity index (χ1n) is 15.6. The summed E-state index contributed by atoms with van der Waals surface area (Å²) in [7, 11) is 3.65. The van der Waals surface area contributed by atoms with Crippen LogP contribution in [0.3, 0.4) is 0 Å². The average molecular weight is 624 g/mol. The Balaban J connectivity index is 1.43. The predicted octanol–water partition coefficient (Wildman–Crippen LogP) is 4.10. The van der Waals surface area contributed by atoms with Crippen molar-refractivity contribution in [2.45, 2.75) is 44.6 Å². The first kappa shape index (κ1) is 31.3. The van der Waals surface area contributed by atoms with E-state index in [-0.39, 0.29) is 37.6 Å². The number of likely N-dealkylation sites (tertiary alicyclic amines) is 1. The lowest BCUT2D eigenvalue weighted by atomic mass is 9.95. The number of nitrogens with zero attached hydrogens (tertiary/aromatic N) is 7.